The maximum atomic E-state index is 4.36. The molecule has 2 aromatic heterocycles. The van der Waals surface area contributed by atoms with E-state index in [2.05, 4.69) is 28.3 Å². The van der Waals surface area contributed by atoms with Crippen LogP contribution in [0.3, 0.4) is 0 Å². The zero-order valence-corrected chi connectivity index (χ0v) is 8.68. The fraction of sp³-hybridized carbons (Fsp3) is 0.182. The van der Waals surface area contributed by atoms with Crippen molar-refractivity contribution in [2.24, 2.45) is 0 Å². The molecule has 0 amide bonds. The van der Waals surface area contributed by atoms with Crippen LogP contribution in [0.1, 0.15) is 5.56 Å². The van der Waals surface area contributed by atoms with Crippen LogP contribution in [0.4, 0.5) is 0 Å². The fourth-order valence-electron chi connectivity index (χ4n) is 1.30. The van der Waals surface area contributed by atoms with Crippen LogP contribution in [0.2, 0.25) is 0 Å². The molecule has 0 aliphatic carbocycles. The zero-order valence-electron chi connectivity index (χ0n) is 7.86. The fourth-order valence-corrected chi connectivity index (χ4v) is 2.11. The molecule has 0 aliphatic heterocycles. The smallest absolute Gasteiger partial charge is 0.0809 e. The van der Waals surface area contributed by atoms with Gasteiger partial charge in [-0.15, -0.1) is 17.9 Å². The lowest BCUT2D eigenvalue weighted by atomic mass is 10.2. The molecule has 0 saturated heterocycles. The molecule has 2 aromatic rings. The third-order valence-electron chi connectivity index (χ3n) is 1.98. The summed E-state index contributed by atoms with van der Waals surface area (Å²) in [6, 6.07) is 4.23. The molecule has 0 atom stereocenters. The van der Waals surface area contributed by atoms with Gasteiger partial charge in [0.05, 0.1) is 10.2 Å². The number of nitrogens with zero attached hydrogens (tertiary/aromatic N) is 1. The van der Waals surface area contributed by atoms with Gasteiger partial charge >= 0.3 is 0 Å². The molecule has 72 valence electrons. The van der Waals surface area contributed by atoms with Gasteiger partial charge in [0.2, 0.25) is 0 Å². The van der Waals surface area contributed by atoms with Gasteiger partial charge in [-0.2, -0.15) is 0 Å². The second-order valence-corrected chi connectivity index (χ2v) is 4.01. The van der Waals surface area contributed by atoms with Gasteiger partial charge in [0.1, 0.15) is 0 Å². The Morgan fingerprint density at radius 1 is 1.57 bits per heavy atom. The molecule has 14 heavy (non-hydrogen) atoms. The molecule has 0 unspecified atom stereocenters. The SMILES string of the molecule is C=CCNCc1cnc2ccsc2c1. The molecular formula is C11H12N2S. The molecule has 2 rings (SSSR count). The van der Waals surface area contributed by atoms with Crippen LogP contribution in [-0.2, 0) is 6.54 Å². The van der Waals surface area contributed by atoms with Crippen molar-refractivity contribution in [3.05, 3.63) is 41.9 Å². The Bertz CT molecular complexity index is 434. The maximum absolute atomic E-state index is 4.36. The summed E-state index contributed by atoms with van der Waals surface area (Å²) in [7, 11) is 0. The van der Waals surface area contributed by atoms with Crippen LogP contribution >= 0.6 is 11.3 Å². The number of hydrogen-bond acceptors (Lipinski definition) is 3. The highest BCUT2D eigenvalue weighted by atomic mass is 32.1. The summed E-state index contributed by atoms with van der Waals surface area (Å²) in [5, 5.41) is 5.32. The largest absolute Gasteiger partial charge is 0.309 e. The first-order chi connectivity index (χ1) is 6.90. The van der Waals surface area contributed by atoms with Crippen molar-refractivity contribution in [1.29, 1.82) is 0 Å². The normalized spacial score (nSPS) is 10.6. The van der Waals surface area contributed by atoms with Crippen LogP contribution in [0.15, 0.2) is 36.4 Å². The van der Waals surface area contributed by atoms with Gasteiger partial charge < -0.3 is 5.32 Å². The quantitative estimate of drug-likeness (QED) is 0.611. The Kier molecular flexibility index (Phi) is 2.91. The highest BCUT2D eigenvalue weighted by molar-refractivity contribution is 7.17. The summed E-state index contributed by atoms with van der Waals surface area (Å²) < 4.78 is 1.25. The number of hydrogen-bond donors (Lipinski definition) is 1. The lowest BCUT2D eigenvalue weighted by molar-refractivity contribution is 0.759. The predicted octanol–water partition coefficient (Wildman–Crippen LogP) is 2.57. The van der Waals surface area contributed by atoms with Gasteiger partial charge in [0.25, 0.3) is 0 Å². The van der Waals surface area contributed by atoms with Gasteiger partial charge in [0.15, 0.2) is 0 Å². The van der Waals surface area contributed by atoms with Crippen molar-refractivity contribution in [1.82, 2.24) is 10.3 Å². The van der Waals surface area contributed by atoms with E-state index >= 15 is 0 Å². The second kappa shape index (κ2) is 4.35. The van der Waals surface area contributed by atoms with E-state index in [0.29, 0.717) is 0 Å². The number of rotatable bonds is 4. The Morgan fingerprint density at radius 3 is 3.36 bits per heavy atom. The Labute approximate surface area is 87.3 Å². The topological polar surface area (TPSA) is 24.9 Å². The van der Waals surface area contributed by atoms with E-state index < -0.39 is 0 Å². The first kappa shape index (κ1) is 9.37. The first-order valence-electron chi connectivity index (χ1n) is 4.54. The van der Waals surface area contributed by atoms with Crippen LogP contribution in [0.25, 0.3) is 10.2 Å². The molecule has 0 saturated carbocycles. The minimum absolute atomic E-state index is 0.836. The molecule has 3 heteroatoms. The average molecular weight is 204 g/mol. The van der Waals surface area contributed by atoms with Crippen molar-refractivity contribution in [2.45, 2.75) is 6.54 Å². The summed E-state index contributed by atoms with van der Waals surface area (Å²) in [5.74, 6) is 0. The van der Waals surface area contributed by atoms with Gasteiger partial charge in [-0.3, -0.25) is 4.98 Å². The number of thiophene rings is 1. The van der Waals surface area contributed by atoms with Crippen molar-refractivity contribution in [3.63, 3.8) is 0 Å². The van der Waals surface area contributed by atoms with E-state index in [1.807, 2.05) is 18.3 Å². The lowest BCUT2D eigenvalue weighted by Gasteiger charge is -2.01. The molecule has 1 N–H and O–H groups in total. The van der Waals surface area contributed by atoms with Crippen LogP contribution in [0.5, 0.6) is 0 Å². The Hall–Kier alpha value is -1.19. The summed E-state index contributed by atoms with van der Waals surface area (Å²) in [6.07, 6.45) is 3.78. The predicted molar refractivity (Wildman–Crippen MR) is 61.5 cm³/mol. The van der Waals surface area contributed by atoms with E-state index in [9.17, 15) is 0 Å². The van der Waals surface area contributed by atoms with Gasteiger partial charge in [-0.05, 0) is 23.1 Å². The molecule has 0 bridgehead atoms. The number of fused-ring (bicyclic) bond motifs is 1. The second-order valence-electron chi connectivity index (χ2n) is 3.07. The molecule has 0 radical (unpaired) electrons. The van der Waals surface area contributed by atoms with Crippen molar-refractivity contribution >= 4 is 21.6 Å². The molecule has 2 heterocycles. The lowest BCUT2D eigenvalue weighted by Crippen LogP contribution is -2.12. The van der Waals surface area contributed by atoms with Gasteiger partial charge in [-0.25, -0.2) is 0 Å². The standard InChI is InChI=1S/C11H12N2S/c1-2-4-12-7-9-6-11-10(13-8-9)3-5-14-11/h2-3,5-6,8,12H,1,4,7H2. The summed E-state index contributed by atoms with van der Waals surface area (Å²) >= 11 is 1.73. The van der Waals surface area contributed by atoms with E-state index in [0.717, 1.165) is 18.6 Å². The monoisotopic (exact) mass is 204 g/mol. The van der Waals surface area contributed by atoms with Gasteiger partial charge in [0, 0.05) is 19.3 Å². The van der Waals surface area contributed by atoms with Crippen molar-refractivity contribution in [2.75, 3.05) is 6.54 Å². The molecule has 0 fully saturated rings. The molecule has 0 spiro atoms. The van der Waals surface area contributed by atoms with Gasteiger partial charge in [-0.1, -0.05) is 6.08 Å². The zero-order chi connectivity index (χ0) is 9.80. The third-order valence-corrected chi connectivity index (χ3v) is 2.83. The summed E-state index contributed by atoms with van der Waals surface area (Å²) in [5.41, 5.74) is 2.31. The average Bonchev–Trinajstić information content (AvgIpc) is 2.65. The van der Waals surface area contributed by atoms with Crippen molar-refractivity contribution < 1.29 is 0 Å². The molecule has 0 aliphatic rings. The van der Waals surface area contributed by atoms with E-state index in [4.69, 9.17) is 0 Å². The minimum atomic E-state index is 0.836. The molecule has 0 aromatic carbocycles. The van der Waals surface area contributed by atoms with Crippen LogP contribution < -0.4 is 5.32 Å². The number of nitrogens with one attached hydrogen (secondary N) is 1. The summed E-state index contributed by atoms with van der Waals surface area (Å²) in [4.78, 5) is 4.36. The highest BCUT2D eigenvalue weighted by Crippen LogP contribution is 2.19. The van der Waals surface area contributed by atoms with E-state index in [-0.39, 0.29) is 0 Å². The maximum Gasteiger partial charge on any atom is 0.0809 e. The summed E-state index contributed by atoms with van der Waals surface area (Å²) in [6.45, 7) is 5.35. The first-order valence-corrected chi connectivity index (χ1v) is 5.42. The van der Waals surface area contributed by atoms with Crippen LogP contribution in [-0.4, -0.2) is 11.5 Å². The van der Waals surface area contributed by atoms with E-state index in [1.54, 1.807) is 11.3 Å². The van der Waals surface area contributed by atoms with Crippen LogP contribution in [0, 0.1) is 0 Å². The number of pyridine rings is 1. The van der Waals surface area contributed by atoms with Crippen molar-refractivity contribution in [3.8, 4) is 0 Å². The third kappa shape index (κ3) is 2.00. The van der Waals surface area contributed by atoms with E-state index in [1.165, 1.54) is 10.3 Å². The minimum Gasteiger partial charge on any atom is -0.309 e. The highest BCUT2D eigenvalue weighted by Gasteiger charge is 1.97. The molecule has 2 nitrogen and oxygen atoms in total. The Balaban J connectivity index is 2.13. The molecular weight excluding hydrogens is 192 g/mol. The number of aromatic nitrogens is 1. The Morgan fingerprint density at radius 2 is 2.50 bits per heavy atom.